The molecule has 2 N–H and O–H groups in total. The van der Waals surface area contributed by atoms with E-state index in [0.29, 0.717) is 12.8 Å². The van der Waals surface area contributed by atoms with E-state index in [4.69, 9.17) is 5.11 Å². The summed E-state index contributed by atoms with van der Waals surface area (Å²) in [7, 11) is 0. The number of aliphatic carboxylic acids is 1. The minimum Gasteiger partial charge on any atom is -0.481 e. The van der Waals surface area contributed by atoms with Crippen molar-refractivity contribution in [2.75, 3.05) is 5.32 Å². The maximum atomic E-state index is 12.0. The topological polar surface area (TPSA) is 66.4 Å². The number of para-hydroxylation sites is 1. The molecule has 0 aliphatic carbocycles. The van der Waals surface area contributed by atoms with Crippen LogP contribution in [0, 0.1) is 0 Å². The van der Waals surface area contributed by atoms with Gasteiger partial charge in [0.2, 0.25) is 5.91 Å². The fraction of sp³-hybridized carbons (Fsp3) is 0.840. The van der Waals surface area contributed by atoms with Gasteiger partial charge in [-0.15, -0.1) is 0 Å². The summed E-state index contributed by atoms with van der Waals surface area (Å²) in [5.74, 6) is -0.504. The largest absolute Gasteiger partial charge is 0.481 e. The van der Waals surface area contributed by atoms with Crippen LogP contribution in [0.5, 0.6) is 0 Å². The first-order chi connectivity index (χ1) is 26.7. The molecule has 314 valence electrons. The van der Waals surface area contributed by atoms with Gasteiger partial charge in [-0.2, -0.15) is 0 Å². The van der Waals surface area contributed by atoms with E-state index in [-0.39, 0.29) is 5.91 Å². The molecule has 0 aliphatic heterocycles. The van der Waals surface area contributed by atoms with Crippen molar-refractivity contribution in [3.8, 4) is 0 Å². The number of hydrogen-bond acceptors (Lipinski definition) is 2. The van der Waals surface area contributed by atoms with E-state index in [1.807, 2.05) is 30.3 Å². The van der Waals surface area contributed by atoms with Gasteiger partial charge in [0, 0.05) is 18.5 Å². The molecule has 0 saturated heterocycles. The number of carbonyl (C=O) groups is 2. The maximum Gasteiger partial charge on any atom is 0.303 e. The van der Waals surface area contributed by atoms with Gasteiger partial charge in [-0.1, -0.05) is 262 Å². The summed E-state index contributed by atoms with van der Waals surface area (Å²) in [6.07, 6.45) is 56.2. The van der Waals surface area contributed by atoms with Crippen LogP contribution < -0.4 is 5.32 Å². The summed E-state index contributed by atoms with van der Waals surface area (Å²) in [6, 6.07) is 9.77. The van der Waals surface area contributed by atoms with Crippen molar-refractivity contribution >= 4 is 17.6 Å². The third kappa shape index (κ3) is 39.8. The highest BCUT2D eigenvalue weighted by Gasteiger charge is 2.02. The normalized spacial score (nSPS) is 11.3. The number of nitrogens with one attached hydrogen (secondary N) is 1. The number of rotatable bonds is 44. The highest BCUT2D eigenvalue weighted by Crippen LogP contribution is 2.18. The molecular weight excluding hydrogens is 663 g/mol. The molecule has 0 saturated carbocycles. The summed E-state index contributed by atoms with van der Waals surface area (Å²) in [4.78, 5) is 22.5. The van der Waals surface area contributed by atoms with Gasteiger partial charge in [-0.3, -0.25) is 9.59 Å². The molecule has 0 spiro atoms. The van der Waals surface area contributed by atoms with E-state index in [2.05, 4.69) is 5.32 Å². The van der Waals surface area contributed by atoms with Crippen LogP contribution in [0.15, 0.2) is 30.3 Å². The molecule has 0 radical (unpaired) electrons. The van der Waals surface area contributed by atoms with Gasteiger partial charge in [-0.25, -0.2) is 0 Å². The van der Waals surface area contributed by atoms with Crippen molar-refractivity contribution in [3.05, 3.63) is 30.3 Å². The first-order valence-corrected chi connectivity index (χ1v) is 24.2. The molecular formula is C50H91NO3. The predicted octanol–water partition coefficient (Wildman–Crippen LogP) is 17.1. The Balaban J connectivity index is 1.62. The zero-order chi connectivity index (χ0) is 38.7. The molecule has 1 aromatic rings. The van der Waals surface area contributed by atoms with Crippen LogP contribution in [0.2, 0.25) is 0 Å². The molecule has 0 aromatic heterocycles. The number of benzene rings is 1. The number of carbonyl (C=O) groups excluding carboxylic acids is 1. The van der Waals surface area contributed by atoms with Gasteiger partial charge in [0.1, 0.15) is 0 Å². The van der Waals surface area contributed by atoms with E-state index in [1.54, 1.807) is 0 Å². The first-order valence-electron chi connectivity index (χ1n) is 24.2. The Morgan fingerprint density at radius 1 is 0.315 bits per heavy atom. The van der Waals surface area contributed by atoms with Crippen LogP contribution >= 0.6 is 0 Å². The van der Waals surface area contributed by atoms with Crippen molar-refractivity contribution in [1.82, 2.24) is 0 Å². The molecule has 1 rings (SSSR count). The molecule has 0 aliphatic rings. The summed E-state index contributed by atoms with van der Waals surface area (Å²) in [5.41, 5.74) is 0.903. The van der Waals surface area contributed by atoms with Crippen LogP contribution in [-0.2, 0) is 9.59 Å². The van der Waals surface area contributed by atoms with Crippen LogP contribution in [0.1, 0.15) is 270 Å². The average Bonchev–Trinajstić information content (AvgIpc) is 3.17. The van der Waals surface area contributed by atoms with Crippen LogP contribution in [0.25, 0.3) is 0 Å². The Morgan fingerprint density at radius 3 is 0.741 bits per heavy atom. The van der Waals surface area contributed by atoms with E-state index >= 15 is 0 Å². The lowest BCUT2D eigenvalue weighted by Crippen LogP contribution is -2.10. The minimum atomic E-state index is -0.650. The van der Waals surface area contributed by atoms with Crippen molar-refractivity contribution in [1.29, 1.82) is 0 Å². The molecule has 54 heavy (non-hydrogen) atoms. The Labute approximate surface area is 336 Å². The summed E-state index contributed by atoms with van der Waals surface area (Å²) < 4.78 is 0. The highest BCUT2D eigenvalue weighted by atomic mass is 16.4. The second kappa shape index (κ2) is 42.3. The highest BCUT2D eigenvalue weighted by molar-refractivity contribution is 5.90. The van der Waals surface area contributed by atoms with Crippen molar-refractivity contribution in [2.24, 2.45) is 0 Å². The predicted molar refractivity (Wildman–Crippen MR) is 237 cm³/mol. The maximum absolute atomic E-state index is 12.0. The molecule has 0 bridgehead atoms. The number of hydrogen-bond donors (Lipinski definition) is 2. The Kier molecular flexibility index (Phi) is 39.3. The second-order valence-electron chi connectivity index (χ2n) is 17.0. The number of anilines is 1. The van der Waals surface area contributed by atoms with Gasteiger partial charge in [0.05, 0.1) is 0 Å². The third-order valence-electron chi connectivity index (χ3n) is 11.6. The molecule has 0 heterocycles. The van der Waals surface area contributed by atoms with Gasteiger partial charge in [0.15, 0.2) is 0 Å². The summed E-state index contributed by atoms with van der Waals surface area (Å²) in [6.45, 7) is 0. The van der Waals surface area contributed by atoms with E-state index in [9.17, 15) is 9.59 Å². The standard InChI is InChI=1S/C50H91NO3/c52-49(51-48-44-40-39-41-45-48)46-42-37-35-33-31-29-27-25-23-21-19-17-15-13-11-9-7-5-3-1-2-4-6-8-10-12-14-16-18-20-22-24-26-28-30-32-34-36-38-43-47-50(53)54/h39-41,44-45H,1-38,42-43,46-47H2,(H,51,52)(H,53,54). The monoisotopic (exact) mass is 754 g/mol. The minimum absolute atomic E-state index is 0.146. The molecule has 1 amide bonds. The number of carboxylic acids is 1. The molecule has 0 unspecified atom stereocenters. The number of amides is 1. The first kappa shape index (κ1) is 50.2. The van der Waals surface area contributed by atoms with Gasteiger partial charge in [0.25, 0.3) is 0 Å². The quantitative estimate of drug-likeness (QED) is 0.0652. The molecule has 0 atom stereocenters. The van der Waals surface area contributed by atoms with Gasteiger partial charge in [-0.05, 0) is 25.0 Å². The van der Waals surface area contributed by atoms with Crippen molar-refractivity contribution in [2.45, 2.75) is 270 Å². The van der Waals surface area contributed by atoms with E-state index in [1.165, 1.54) is 238 Å². The van der Waals surface area contributed by atoms with Crippen molar-refractivity contribution in [3.63, 3.8) is 0 Å². The zero-order valence-corrected chi connectivity index (χ0v) is 35.8. The lowest BCUT2D eigenvalue weighted by molar-refractivity contribution is -0.137. The second-order valence-corrected chi connectivity index (χ2v) is 17.0. The van der Waals surface area contributed by atoms with E-state index in [0.717, 1.165) is 24.9 Å². The Bertz CT molecular complexity index is 902. The van der Waals surface area contributed by atoms with Crippen molar-refractivity contribution < 1.29 is 14.7 Å². The Hall–Kier alpha value is -1.84. The molecule has 0 fully saturated rings. The average molecular weight is 754 g/mol. The SMILES string of the molecule is O=C(O)CCCCCCCCCCCCCCCCCCCCCCCCCCCCCCCCCCCCCCCCCCC(=O)Nc1ccccc1. The third-order valence-corrected chi connectivity index (χ3v) is 11.6. The fourth-order valence-electron chi connectivity index (χ4n) is 8.02. The van der Waals surface area contributed by atoms with Crippen LogP contribution in [0.4, 0.5) is 5.69 Å². The van der Waals surface area contributed by atoms with Gasteiger partial charge < -0.3 is 10.4 Å². The number of unbranched alkanes of at least 4 members (excludes halogenated alkanes) is 39. The van der Waals surface area contributed by atoms with Crippen LogP contribution in [0.3, 0.4) is 0 Å². The lowest BCUT2D eigenvalue weighted by atomic mass is 10.0. The number of carboxylic acid groups (broad SMARTS) is 1. The van der Waals surface area contributed by atoms with Gasteiger partial charge >= 0.3 is 5.97 Å². The fourth-order valence-corrected chi connectivity index (χ4v) is 8.02. The van der Waals surface area contributed by atoms with Crippen LogP contribution in [-0.4, -0.2) is 17.0 Å². The Morgan fingerprint density at radius 2 is 0.519 bits per heavy atom. The molecule has 4 nitrogen and oxygen atoms in total. The molecule has 4 heteroatoms. The van der Waals surface area contributed by atoms with E-state index < -0.39 is 5.97 Å². The molecule has 1 aromatic carbocycles. The lowest BCUT2D eigenvalue weighted by Gasteiger charge is -2.05. The summed E-state index contributed by atoms with van der Waals surface area (Å²) in [5, 5.41) is 11.6. The summed E-state index contributed by atoms with van der Waals surface area (Å²) >= 11 is 0. The smallest absolute Gasteiger partial charge is 0.303 e. The zero-order valence-electron chi connectivity index (χ0n) is 35.8.